The molecule has 74 valence electrons. The fourth-order valence-electron chi connectivity index (χ4n) is 1.50. The number of nitrogens with one attached hydrogen (secondary N) is 1. The van der Waals surface area contributed by atoms with E-state index in [0.717, 1.165) is 6.54 Å². The molecule has 2 heteroatoms. The summed E-state index contributed by atoms with van der Waals surface area (Å²) in [5, 5.41) is 0. The standard InChI is InChI=1S/C11H20N2/c1-3-5-9-13(8-4-2)11-6-7-12-10-11/h6-7,10,12H,3-5,8-9H2,1-2H3. The molecule has 0 atom stereocenters. The van der Waals surface area contributed by atoms with Crippen molar-refractivity contribution in [1.29, 1.82) is 0 Å². The van der Waals surface area contributed by atoms with Crippen LogP contribution in [0.3, 0.4) is 0 Å². The van der Waals surface area contributed by atoms with Gasteiger partial charge in [-0.1, -0.05) is 20.3 Å². The van der Waals surface area contributed by atoms with Gasteiger partial charge in [0, 0.05) is 25.5 Å². The summed E-state index contributed by atoms with van der Waals surface area (Å²) in [7, 11) is 0. The van der Waals surface area contributed by atoms with Crippen molar-refractivity contribution in [2.45, 2.75) is 33.1 Å². The minimum atomic E-state index is 1.16. The Morgan fingerprint density at radius 1 is 1.23 bits per heavy atom. The zero-order valence-corrected chi connectivity index (χ0v) is 8.71. The number of H-pyrrole nitrogens is 1. The minimum absolute atomic E-state index is 1.16. The predicted molar refractivity (Wildman–Crippen MR) is 58.2 cm³/mol. The fraction of sp³-hybridized carbons (Fsp3) is 0.636. The largest absolute Gasteiger partial charge is 0.370 e. The summed E-state index contributed by atoms with van der Waals surface area (Å²) >= 11 is 0. The van der Waals surface area contributed by atoms with E-state index < -0.39 is 0 Å². The van der Waals surface area contributed by atoms with E-state index in [9.17, 15) is 0 Å². The second-order valence-electron chi connectivity index (χ2n) is 3.41. The van der Waals surface area contributed by atoms with Gasteiger partial charge in [0.15, 0.2) is 0 Å². The molecule has 0 aliphatic rings. The third-order valence-electron chi connectivity index (χ3n) is 2.22. The van der Waals surface area contributed by atoms with Gasteiger partial charge in [-0.05, 0) is 18.9 Å². The molecule has 0 aliphatic heterocycles. The van der Waals surface area contributed by atoms with Gasteiger partial charge >= 0.3 is 0 Å². The molecule has 2 nitrogen and oxygen atoms in total. The van der Waals surface area contributed by atoms with Gasteiger partial charge < -0.3 is 9.88 Å². The first-order valence-corrected chi connectivity index (χ1v) is 5.26. The van der Waals surface area contributed by atoms with E-state index >= 15 is 0 Å². The van der Waals surface area contributed by atoms with Gasteiger partial charge in [0.25, 0.3) is 0 Å². The van der Waals surface area contributed by atoms with Crippen LogP contribution in [0, 0.1) is 0 Å². The van der Waals surface area contributed by atoms with Crippen molar-refractivity contribution < 1.29 is 0 Å². The lowest BCUT2D eigenvalue weighted by Crippen LogP contribution is -2.24. The second-order valence-corrected chi connectivity index (χ2v) is 3.41. The summed E-state index contributed by atoms with van der Waals surface area (Å²) < 4.78 is 0. The normalized spacial score (nSPS) is 10.3. The molecule has 0 bridgehead atoms. The summed E-state index contributed by atoms with van der Waals surface area (Å²) in [6.45, 7) is 6.81. The van der Waals surface area contributed by atoms with Gasteiger partial charge in [-0.15, -0.1) is 0 Å². The highest BCUT2D eigenvalue weighted by Crippen LogP contribution is 2.13. The maximum absolute atomic E-state index is 3.10. The van der Waals surface area contributed by atoms with Gasteiger partial charge in [0.2, 0.25) is 0 Å². The van der Waals surface area contributed by atoms with Crippen molar-refractivity contribution in [3.63, 3.8) is 0 Å². The van der Waals surface area contributed by atoms with Crippen LogP contribution in [0.5, 0.6) is 0 Å². The lowest BCUT2D eigenvalue weighted by Gasteiger charge is -2.22. The molecule has 0 amide bonds. The van der Waals surface area contributed by atoms with E-state index in [4.69, 9.17) is 0 Å². The number of aromatic amines is 1. The molecule has 0 spiro atoms. The quantitative estimate of drug-likeness (QED) is 0.713. The molecule has 0 aromatic carbocycles. The van der Waals surface area contributed by atoms with E-state index in [1.165, 1.54) is 31.5 Å². The molecular formula is C11H20N2. The Morgan fingerprint density at radius 3 is 2.62 bits per heavy atom. The van der Waals surface area contributed by atoms with Gasteiger partial charge in [0.1, 0.15) is 0 Å². The highest BCUT2D eigenvalue weighted by atomic mass is 15.1. The molecule has 1 aromatic rings. The number of hydrogen-bond acceptors (Lipinski definition) is 1. The minimum Gasteiger partial charge on any atom is -0.370 e. The Balaban J connectivity index is 2.47. The van der Waals surface area contributed by atoms with Crippen molar-refractivity contribution in [2.75, 3.05) is 18.0 Å². The summed E-state index contributed by atoms with van der Waals surface area (Å²) in [6.07, 6.45) is 7.83. The number of unbranched alkanes of at least 4 members (excludes halogenated alkanes) is 1. The van der Waals surface area contributed by atoms with Crippen LogP contribution >= 0.6 is 0 Å². The second kappa shape index (κ2) is 5.68. The van der Waals surface area contributed by atoms with Crippen LogP contribution in [0.4, 0.5) is 5.69 Å². The molecule has 0 fully saturated rings. The van der Waals surface area contributed by atoms with Crippen molar-refractivity contribution in [1.82, 2.24) is 4.98 Å². The Bertz CT molecular complexity index is 204. The molecule has 0 aliphatic carbocycles. The van der Waals surface area contributed by atoms with E-state index in [-0.39, 0.29) is 0 Å². The fourth-order valence-corrected chi connectivity index (χ4v) is 1.50. The SMILES string of the molecule is CCCCN(CCC)c1cc[nH]c1. The summed E-state index contributed by atoms with van der Waals surface area (Å²) in [6, 6.07) is 2.14. The number of nitrogens with zero attached hydrogens (tertiary/aromatic N) is 1. The summed E-state index contributed by atoms with van der Waals surface area (Å²) in [5.74, 6) is 0. The first-order chi connectivity index (χ1) is 6.38. The highest BCUT2D eigenvalue weighted by Gasteiger charge is 2.03. The van der Waals surface area contributed by atoms with Crippen molar-refractivity contribution in [2.24, 2.45) is 0 Å². The predicted octanol–water partition coefficient (Wildman–Crippen LogP) is 3.03. The molecule has 1 rings (SSSR count). The lowest BCUT2D eigenvalue weighted by molar-refractivity contribution is 0.704. The van der Waals surface area contributed by atoms with Gasteiger partial charge in [0.05, 0.1) is 5.69 Å². The zero-order valence-electron chi connectivity index (χ0n) is 8.71. The van der Waals surface area contributed by atoms with Gasteiger partial charge in [-0.2, -0.15) is 0 Å². The molecule has 1 N–H and O–H groups in total. The number of aromatic nitrogens is 1. The van der Waals surface area contributed by atoms with E-state index in [1.807, 2.05) is 6.20 Å². The third kappa shape index (κ3) is 3.13. The van der Waals surface area contributed by atoms with Crippen LogP contribution in [0.15, 0.2) is 18.5 Å². The topological polar surface area (TPSA) is 19.0 Å². The zero-order chi connectivity index (χ0) is 9.52. The maximum Gasteiger partial charge on any atom is 0.0543 e. The third-order valence-corrected chi connectivity index (χ3v) is 2.22. The van der Waals surface area contributed by atoms with Gasteiger partial charge in [-0.3, -0.25) is 0 Å². The van der Waals surface area contributed by atoms with Crippen LogP contribution in [0.1, 0.15) is 33.1 Å². The molecule has 1 aromatic heterocycles. The van der Waals surface area contributed by atoms with Crippen molar-refractivity contribution in [3.05, 3.63) is 18.5 Å². The van der Waals surface area contributed by atoms with E-state index in [1.54, 1.807) is 0 Å². The van der Waals surface area contributed by atoms with Crippen LogP contribution in [-0.2, 0) is 0 Å². The average molecular weight is 180 g/mol. The Kier molecular flexibility index (Phi) is 4.44. The van der Waals surface area contributed by atoms with E-state index in [2.05, 4.69) is 36.0 Å². The van der Waals surface area contributed by atoms with Crippen LogP contribution < -0.4 is 4.90 Å². The van der Waals surface area contributed by atoms with Crippen LogP contribution in [0.25, 0.3) is 0 Å². The Labute approximate surface area is 81.0 Å². The van der Waals surface area contributed by atoms with Crippen LogP contribution in [-0.4, -0.2) is 18.1 Å². The number of hydrogen-bond donors (Lipinski definition) is 1. The van der Waals surface area contributed by atoms with Gasteiger partial charge in [-0.25, -0.2) is 0 Å². The Hall–Kier alpha value is -0.920. The molecule has 0 saturated carbocycles. The lowest BCUT2D eigenvalue weighted by atomic mass is 10.3. The molecule has 0 saturated heterocycles. The highest BCUT2D eigenvalue weighted by molar-refractivity contribution is 5.43. The number of rotatable bonds is 6. The molecule has 1 heterocycles. The first kappa shape index (κ1) is 10.2. The Morgan fingerprint density at radius 2 is 2.08 bits per heavy atom. The average Bonchev–Trinajstić information content (AvgIpc) is 2.65. The van der Waals surface area contributed by atoms with Crippen LogP contribution in [0.2, 0.25) is 0 Å². The molecule has 13 heavy (non-hydrogen) atoms. The molecular weight excluding hydrogens is 160 g/mol. The maximum atomic E-state index is 3.10. The first-order valence-electron chi connectivity index (χ1n) is 5.26. The number of anilines is 1. The molecule has 0 unspecified atom stereocenters. The monoisotopic (exact) mass is 180 g/mol. The smallest absolute Gasteiger partial charge is 0.0543 e. The van der Waals surface area contributed by atoms with Crippen molar-refractivity contribution in [3.8, 4) is 0 Å². The van der Waals surface area contributed by atoms with Crippen molar-refractivity contribution >= 4 is 5.69 Å². The van der Waals surface area contributed by atoms with E-state index in [0.29, 0.717) is 0 Å². The summed E-state index contributed by atoms with van der Waals surface area (Å²) in [4.78, 5) is 5.55. The molecule has 0 radical (unpaired) electrons. The summed E-state index contributed by atoms with van der Waals surface area (Å²) in [5.41, 5.74) is 1.33.